The highest BCUT2D eigenvalue weighted by molar-refractivity contribution is 5.86. The van der Waals surface area contributed by atoms with Crippen LogP contribution < -0.4 is 11.4 Å². The normalized spacial score (nSPS) is 10.5. The molecule has 1 aromatic rings. The van der Waals surface area contributed by atoms with Crippen molar-refractivity contribution in [2.24, 2.45) is 0 Å². The number of carbonyl (C=O) groups is 1. The summed E-state index contributed by atoms with van der Waals surface area (Å²) in [5.74, 6) is -1.09. The number of aromatic nitrogens is 2. The maximum atomic E-state index is 10.6. The number of nitrogen functional groups attached to an aromatic ring is 1. The third-order valence-corrected chi connectivity index (χ3v) is 1.27. The molecule has 1 aromatic heterocycles. The standard InChI is InChI=1S/C7H7N3O3/c8-6-4(1-2-5(11)12)3-9-7(13)10-6/h1-3H,(H,11,12)(H3,8,9,10,13). The first-order valence-electron chi connectivity index (χ1n) is 3.36. The molecule has 0 fully saturated rings. The van der Waals surface area contributed by atoms with Crippen molar-refractivity contribution in [2.75, 3.05) is 5.73 Å². The Morgan fingerprint density at radius 3 is 2.92 bits per heavy atom. The van der Waals surface area contributed by atoms with E-state index in [1.807, 2.05) is 0 Å². The molecule has 4 N–H and O–H groups in total. The molecule has 0 saturated heterocycles. The summed E-state index contributed by atoms with van der Waals surface area (Å²) in [5, 5.41) is 8.30. The van der Waals surface area contributed by atoms with Crippen LogP contribution in [0.25, 0.3) is 6.08 Å². The van der Waals surface area contributed by atoms with E-state index in [1.54, 1.807) is 0 Å². The van der Waals surface area contributed by atoms with Gasteiger partial charge in [0.15, 0.2) is 0 Å². The van der Waals surface area contributed by atoms with Gasteiger partial charge in [0, 0.05) is 17.8 Å². The van der Waals surface area contributed by atoms with E-state index in [9.17, 15) is 9.59 Å². The highest BCUT2D eigenvalue weighted by Gasteiger charge is 1.97. The lowest BCUT2D eigenvalue weighted by Gasteiger charge is -1.95. The second-order valence-corrected chi connectivity index (χ2v) is 2.22. The molecule has 6 nitrogen and oxygen atoms in total. The molecule has 0 spiro atoms. The molecule has 0 saturated carbocycles. The quantitative estimate of drug-likeness (QED) is 0.530. The summed E-state index contributed by atoms with van der Waals surface area (Å²) in [6, 6.07) is 0. The molecule has 6 heteroatoms. The van der Waals surface area contributed by atoms with Crippen LogP contribution in [-0.2, 0) is 4.79 Å². The van der Waals surface area contributed by atoms with Crippen molar-refractivity contribution in [1.29, 1.82) is 0 Å². The number of hydrogen-bond donors (Lipinski definition) is 3. The zero-order chi connectivity index (χ0) is 9.84. The van der Waals surface area contributed by atoms with Gasteiger partial charge in [-0.25, -0.2) is 9.59 Å². The first kappa shape index (κ1) is 8.98. The summed E-state index contributed by atoms with van der Waals surface area (Å²) >= 11 is 0. The van der Waals surface area contributed by atoms with Crippen LogP contribution in [0.15, 0.2) is 17.1 Å². The average Bonchev–Trinajstić information content (AvgIpc) is 2.02. The predicted octanol–water partition coefficient (Wildman–Crippen LogP) is -0.550. The van der Waals surface area contributed by atoms with Gasteiger partial charge in [-0.2, -0.15) is 4.98 Å². The molecule has 0 aliphatic rings. The lowest BCUT2D eigenvalue weighted by Crippen LogP contribution is -2.12. The van der Waals surface area contributed by atoms with Gasteiger partial charge in [-0.3, -0.25) is 0 Å². The molecule has 0 amide bonds. The van der Waals surface area contributed by atoms with Crippen molar-refractivity contribution in [2.45, 2.75) is 0 Å². The zero-order valence-corrected chi connectivity index (χ0v) is 6.52. The van der Waals surface area contributed by atoms with Crippen LogP contribution in [0.1, 0.15) is 5.56 Å². The minimum Gasteiger partial charge on any atom is -0.478 e. The fourth-order valence-electron chi connectivity index (χ4n) is 0.714. The number of aromatic amines is 1. The summed E-state index contributed by atoms with van der Waals surface area (Å²) in [5.41, 5.74) is 5.13. The number of nitrogens with one attached hydrogen (secondary N) is 1. The third kappa shape index (κ3) is 2.44. The second-order valence-electron chi connectivity index (χ2n) is 2.22. The van der Waals surface area contributed by atoms with Gasteiger partial charge >= 0.3 is 11.7 Å². The molecule has 0 aliphatic carbocycles. The average molecular weight is 181 g/mol. The largest absolute Gasteiger partial charge is 0.478 e. The Labute approximate surface area is 72.7 Å². The van der Waals surface area contributed by atoms with Gasteiger partial charge in [0.25, 0.3) is 0 Å². The summed E-state index contributed by atoms with van der Waals surface area (Å²) in [7, 11) is 0. The van der Waals surface area contributed by atoms with Crippen LogP contribution in [0.5, 0.6) is 0 Å². The summed E-state index contributed by atoms with van der Waals surface area (Å²) in [6.45, 7) is 0. The molecule has 0 unspecified atom stereocenters. The van der Waals surface area contributed by atoms with E-state index >= 15 is 0 Å². The summed E-state index contributed by atoms with van der Waals surface area (Å²) in [4.78, 5) is 26.4. The maximum absolute atomic E-state index is 10.6. The van der Waals surface area contributed by atoms with Crippen molar-refractivity contribution in [1.82, 2.24) is 9.97 Å². The fraction of sp³-hybridized carbons (Fsp3) is 0. The Morgan fingerprint density at radius 1 is 1.69 bits per heavy atom. The van der Waals surface area contributed by atoms with Gasteiger partial charge < -0.3 is 15.8 Å². The van der Waals surface area contributed by atoms with E-state index < -0.39 is 11.7 Å². The lowest BCUT2D eigenvalue weighted by atomic mass is 10.3. The van der Waals surface area contributed by atoms with Gasteiger partial charge in [0.2, 0.25) is 0 Å². The number of carboxylic acids is 1. The highest BCUT2D eigenvalue weighted by atomic mass is 16.4. The number of aliphatic carboxylic acids is 1. The van der Waals surface area contributed by atoms with Crippen molar-refractivity contribution in [3.8, 4) is 0 Å². The smallest absolute Gasteiger partial charge is 0.346 e. The maximum Gasteiger partial charge on any atom is 0.346 e. The third-order valence-electron chi connectivity index (χ3n) is 1.27. The first-order valence-corrected chi connectivity index (χ1v) is 3.36. The minimum atomic E-state index is -1.09. The monoisotopic (exact) mass is 181 g/mol. The topological polar surface area (TPSA) is 109 Å². The van der Waals surface area contributed by atoms with Crippen molar-refractivity contribution < 1.29 is 9.90 Å². The molecule has 1 heterocycles. The molecule has 13 heavy (non-hydrogen) atoms. The Bertz CT molecular complexity index is 408. The Hall–Kier alpha value is -2.11. The van der Waals surface area contributed by atoms with Crippen LogP contribution in [0.2, 0.25) is 0 Å². The molecule has 0 bridgehead atoms. The van der Waals surface area contributed by atoms with E-state index in [2.05, 4.69) is 9.97 Å². The van der Waals surface area contributed by atoms with Gasteiger partial charge in [-0.05, 0) is 6.08 Å². The Morgan fingerprint density at radius 2 is 2.38 bits per heavy atom. The number of anilines is 1. The molecular weight excluding hydrogens is 174 g/mol. The van der Waals surface area contributed by atoms with Gasteiger partial charge in [0.05, 0.1) is 0 Å². The second kappa shape index (κ2) is 3.53. The molecule has 0 aliphatic heterocycles. The molecule has 0 aromatic carbocycles. The SMILES string of the molecule is Nc1nc(=O)[nH]cc1C=CC(=O)O. The fourth-order valence-corrected chi connectivity index (χ4v) is 0.714. The van der Waals surface area contributed by atoms with Crippen LogP contribution >= 0.6 is 0 Å². The van der Waals surface area contributed by atoms with E-state index in [0.29, 0.717) is 5.56 Å². The number of H-pyrrole nitrogens is 1. The van der Waals surface area contributed by atoms with Crippen LogP contribution in [-0.4, -0.2) is 21.0 Å². The van der Waals surface area contributed by atoms with E-state index in [1.165, 1.54) is 12.3 Å². The highest BCUT2D eigenvalue weighted by Crippen LogP contribution is 2.04. The van der Waals surface area contributed by atoms with Crippen molar-refractivity contribution >= 4 is 17.9 Å². The first-order chi connectivity index (χ1) is 6.09. The van der Waals surface area contributed by atoms with Gasteiger partial charge in [-0.15, -0.1) is 0 Å². The minimum absolute atomic E-state index is 0.00116. The zero-order valence-electron chi connectivity index (χ0n) is 6.52. The van der Waals surface area contributed by atoms with Crippen LogP contribution in [0, 0.1) is 0 Å². The van der Waals surface area contributed by atoms with Crippen LogP contribution in [0.3, 0.4) is 0 Å². The molecule has 68 valence electrons. The number of nitrogens with zero attached hydrogens (tertiary/aromatic N) is 1. The Kier molecular flexibility index (Phi) is 2.44. The van der Waals surface area contributed by atoms with Gasteiger partial charge in [-0.1, -0.05) is 0 Å². The number of carboxylic acid groups (broad SMARTS) is 1. The van der Waals surface area contributed by atoms with Crippen LogP contribution in [0.4, 0.5) is 5.82 Å². The molecule has 0 radical (unpaired) electrons. The molecular formula is C7H7N3O3. The predicted molar refractivity (Wildman–Crippen MR) is 45.9 cm³/mol. The summed E-state index contributed by atoms with van der Waals surface area (Å²) in [6.07, 6.45) is 3.45. The van der Waals surface area contributed by atoms with Crippen molar-refractivity contribution in [3.63, 3.8) is 0 Å². The van der Waals surface area contributed by atoms with E-state index in [4.69, 9.17) is 10.8 Å². The van der Waals surface area contributed by atoms with E-state index in [0.717, 1.165) is 6.08 Å². The molecule has 0 atom stereocenters. The number of rotatable bonds is 2. The summed E-state index contributed by atoms with van der Waals surface area (Å²) < 4.78 is 0. The molecule has 1 rings (SSSR count). The number of hydrogen-bond acceptors (Lipinski definition) is 4. The number of nitrogens with two attached hydrogens (primary N) is 1. The van der Waals surface area contributed by atoms with E-state index in [-0.39, 0.29) is 5.82 Å². The Balaban J connectivity index is 3.03. The lowest BCUT2D eigenvalue weighted by molar-refractivity contribution is -0.131. The van der Waals surface area contributed by atoms with Gasteiger partial charge in [0.1, 0.15) is 5.82 Å². The van der Waals surface area contributed by atoms with Crippen molar-refractivity contribution in [3.05, 3.63) is 28.3 Å².